The van der Waals surface area contributed by atoms with Crippen LogP contribution < -0.4 is 5.73 Å². The summed E-state index contributed by atoms with van der Waals surface area (Å²) in [5.74, 6) is 1.12. The Balaban J connectivity index is 1.55. The average Bonchev–Trinajstić information content (AvgIpc) is 3.35. The maximum absolute atomic E-state index is 13.0. The summed E-state index contributed by atoms with van der Waals surface area (Å²) in [6, 6.07) is 13.3. The fourth-order valence-electron chi connectivity index (χ4n) is 3.19. The van der Waals surface area contributed by atoms with E-state index in [4.69, 9.17) is 10.2 Å². The molecule has 1 aromatic carbocycles. The lowest BCUT2D eigenvalue weighted by Gasteiger charge is -2.19. The SMILES string of the molecule is Cc1ccc(C2=NN(C(=O)CSc3nc(C)cc(N)n3)[C@@H](c3ccco3)C2)cc1. The number of hydrogen-bond acceptors (Lipinski definition) is 7. The topological polar surface area (TPSA) is 97.6 Å². The molecule has 7 nitrogen and oxygen atoms in total. The molecule has 0 unspecified atom stereocenters. The van der Waals surface area contributed by atoms with Gasteiger partial charge in [0.1, 0.15) is 17.6 Å². The van der Waals surface area contributed by atoms with E-state index in [9.17, 15) is 4.79 Å². The molecule has 148 valence electrons. The van der Waals surface area contributed by atoms with E-state index < -0.39 is 0 Å². The second-order valence-electron chi connectivity index (χ2n) is 6.89. The Kier molecular flexibility index (Phi) is 5.35. The largest absolute Gasteiger partial charge is 0.467 e. The van der Waals surface area contributed by atoms with E-state index in [1.165, 1.54) is 22.3 Å². The maximum atomic E-state index is 13.0. The predicted molar refractivity (Wildman–Crippen MR) is 113 cm³/mol. The lowest BCUT2D eigenvalue weighted by molar-refractivity contribution is -0.130. The monoisotopic (exact) mass is 407 g/mol. The minimum absolute atomic E-state index is 0.137. The van der Waals surface area contributed by atoms with Gasteiger partial charge in [-0.05, 0) is 31.5 Å². The minimum atomic E-state index is -0.266. The molecule has 3 aromatic rings. The molecule has 1 aliphatic rings. The van der Waals surface area contributed by atoms with Gasteiger partial charge in [0.05, 0.1) is 17.7 Å². The number of nitrogens with zero attached hydrogens (tertiary/aromatic N) is 4. The first kappa shape index (κ1) is 19.2. The molecule has 1 aliphatic heterocycles. The molecule has 0 bridgehead atoms. The summed E-state index contributed by atoms with van der Waals surface area (Å²) in [6.07, 6.45) is 2.21. The van der Waals surface area contributed by atoms with Crippen LogP contribution in [0.5, 0.6) is 0 Å². The van der Waals surface area contributed by atoms with Gasteiger partial charge in [-0.1, -0.05) is 41.6 Å². The summed E-state index contributed by atoms with van der Waals surface area (Å²) >= 11 is 1.25. The summed E-state index contributed by atoms with van der Waals surface area (Å²) in [6.45, 7) is 3.88. The van der Waals surface area contributed by atoms with Gasteiger partial charge >= 0.3 is 0 Å². The Bertz CT molecular complexity index is 1030. The normalized spacial score (nSPS) is 16.1. The number of carbonyl (C=O) groups is 1. The van der Waals surface area contributed by atoms with Gasteiger partial charge in [0.2, 0.25) is 0 Å². The predicted octanol–water partition coefficient (Wildman–Crippen LogP) is 3.74. The molecular formula is C21H21N5O2S. The lowest BCUT2D eigenvalue weighted by atomic mass is 10.0. The molecule has 3 heterocycles. The molecule has 1 atom stereocenters. The van der Waals surface area contributed by atoms with Gasteiger partial charge < -0.3 is 10.2 Å². The third-order valence-electron chi connectivity index (χ3n) is 4.60. The number of benzene rings is 1. The van der Waals surface area contributed by atoms with Crippen LogP contribution in [0.2, 0.25) is 0 Å². The first-order valence-corrected chi connectivity index (χ1v) is 10.2. The van der Waals surface area contributed by atoms with Crippen LogP contribution in [-0.2, 0) is 4.79 Å². The van der Waals surface area contributed by atoms with Crippen molar-refractivity contribution in [1.29, 1.82) is 0 Å². The number of aryl methyl sites for hydroxylation is 2. The number of aromatic nitrogens is 2. The number of carbonyl (C=O) groups excluding carboxylic acids is 1. The van der Waals surface area contributed by atoms with Gasteiger partial charge in [0, 0.05) is 18.2 Å². The van der Waals surface area contributed by atoms with E-state index in [0.717, 1.165) is 17.0 Å². The Labute approximate surface area is 173 Å². The van der Waals surface area contributed by atoms with Crippen LogP contribution >= 0.6 is 11.8 Å². The second kappa shape index (κ2) is 8.08. The number of furan rings is 1. The molecule has 0 aliphatic carbocycles. The Hall–Kier alpha value is -3.13. The first-order valence-electron chi connectivity index (χ1n) is 9.23. The molecule has 2 N–H and O–H groups in total. The molecule has 0 saturated heterocycles. The zero-order valence-electron chi connectivity index (χ0n) is 16.2. The summed E-state index contributed by atoms with van der Waals surface area (Å²) in [7, 11) is 0. The number of nitrogen functional groups attached to an aromatic ring is 1. The molecule has 2 aromatic heterocycles. The maximum Gasteiger partial charge on any atom is 0.253 e. The number of rotatable bonds is 5. The highest BCUT2D eigenvalue weighted by molar-refractivity contribution is 7.99. The fraction of sp³-hybridized carbons (Fsp3) is 0.238. The van der Waals surface area contributed by atoms with Gasteiger partial charge in [-0.15, -0.1) is 0 Å². The molecule has 4 rings (SSSR count). The molecular weight excluding hydrogens is 386 g/mol. The smallest absolute Gasteiger partial charge is 0.253 e. The molecule has 0 radical (unpaired) electrons. The molecule has 8 heteroatoms. The van der Waals surface area contributed by atoms with Crippen LogP contribution in [-0.4, -0.2) is 32.3 Å². The van der Waals surface area contributed by atoms with Crippen LogP contribution in [0.15, 0.2) is 63.4 Å². The van der Waals surface area contributed by atoms with Crippen molar-refractivity contribution in [3.05, 3.63) is 71.3 Å². The third-order valence-corrected chi connectivity index (χ3v) is 5.43. The number of amides is 1. The number of hydrogen-bond donors (Lipinski definition) is 1. The Morgan fingerprint density at radius 1 is 1.24 bits per heavy atom. The van der Waals surface area contributed by atoms with Crippen molar-refractivity contribution in [2.45, 2.75) is 31.5 Å². The molecule has 0 spiro atoms. The van der Waals surface area contributed by atoms with Crippen molar-refractivity contribution < 1.29 is 9.21 Å². The number of anilines is 1. The van der Waals surface area contributed by atoms with Crippen molar-refractivity contribution in [2.24, 2.45) is 5.10 Å². The van der Waals surface area contributed by atoms with Crippen LogP contribution in [0.1, 0.15) is 35.0 Å². The third kappa shape index (κ3) is 4.32. The van der Waals surface area contributed by atoms with Crippen molar-refractivity contribution >= 4 is 29.2 Å². The fourth-order valence-corrected chi connectivity index (χ4v) is 3.95. The van der Waals surface area contributed by atoms with Crippen LogP contribution in [0, 0.1) is 13.8 Å². The number of thioether (sulfide) groups is 1. The highest BCUT2D eigenvalue weighted by atomic mass is 32.2. The number of nitrogens with two attached hydrogens (primary N) is 1. The van der Waals surface area contributed by atoms with Gasteiger partial charge in [-0.2, -0.15) is 5.10 Å². The minimum Gasteiger partial charge on any atom is -0.467 e. The molecule has 1 amide bonds. The molecule has 0 saturated carbocycles. The van der Waals surface area contributed by atoms with E-state index >= 15 is 0 Å². The molecule has 29 heavy (non-hydrogen) atoms. The van der Waals surface area contributed by atoms with Crippen LogP contribution in [0.25, 0.3) is 0 Å². The standard InChI is InChI=1S/C21H21N5O2S/c1-13-5-7-15(8-6-13)16-11-17(18-4-3-9-28-18)26(25-16)20(27)12-29-21-23-14(2)10-19(22)24-21/h3-10,17H,11-12H2,1-2H3,(H2,22,23,24)/t17-/m1/s1. The van der Waals surface area contributed by atoms with Gasteiger partial charge in [-0.25, -0.2) is 15.0 Å². The van der Waals surface area contributed by atoms with E-state index in [2.05, 4.69) is 15.1 Å². The van der Waals surface area contributed by atoms with E-state index in [1.807, 2.05) is 50.2 Å². The van der Waals surface area contributed by atoms with Crippen molar-refractivity contribution in [3.63, 3.8) is 0 Å². The first-order chi connectivity index (χ1) is 14.0. The summed E-state index contributed by atoms with van der Waals surface area (Å²) < 4.78 is 5.58. The number of hydrazone groups is 1. The van der Waals surface area contributed by atoms with Crippen LogP contribution in [0.3, 0.4) is 0 Å². The quantitative estimate of drug-likeness (QED) is 0.511. The molecule has 0 fully saturated rings. The zero-order chi connectivity index (χ0) is 20.4. The van der Waals surface area contributed by atoms with Gasteiger partial charge in [-0.3, -0.25) is 4.79 Å². The van der Waals surface area contributed by atoms with Gasteiger partial charge in [0.25, 0.3) is 5.91 Å². The highest BCUT2D eigenvalue weighted by Crippen LogP contribution is 2.34. The van der Waals surface area contributed by atoms with Crippen molar-refractivity contribution in [2.75, 3.05) is 11.5 Å². The summed E-state index contributed by atoms with van der Waals surface area (Å²) in [5.41, 5.74) is 9.58. The summed E-state index contributed by atoms with van der Waals surface area (Å²) in [5, 5.41) is 6.63. The zero-order valence-corrected chi connectivity index (χ0v) is 17.0. The van der Waals surface area contributed by atoms with Crippen molar-refractivity contribution in [1.82, 2.24) is 15.0 Å². The van der Waals surface area contributed by atoms with E-state index in [0.29, 0.717) is 23.2 Å². The second-order valence-corrected chi connectivity index (χ2v) is 7.83. The van der Waals surface area contributed by atoms with E-state index in [-0.39, 0.29) is 17.7 Å². The average molecular weight is 407 g/mol. The van der Waals surface area contributed by atoms with Gasteiger partial charge in [0.15, 0.2) is 5.16 Å². The van der Waals surface area contributed by atoms with E-state index in [1.54, 1.807) is 12.3 Å². The van der Waals surface area contributed by atoms with Crippen molar-refractivity contribution in [3.8, 4) is 0 Å². The van der Waals surface area contributed by atoms with Crippen LogP contribution in [0.4, 0.5) is 5.82 Å². The Morgan fingerprint density at radius 2 is 2.03 bits per heavy atom. The highest BCUT2D eigenvalue weighted by Gasteiger charge is 2.34. The lowest BCUT2D eigenvalue weighted by Crippen LogP contribution is -2.28. The summed E-state index contributed by atoms with van der Waals surface area (Å²) in [4.78, 5) is 21.5. The Morgan fingerprint density at radius 3 is 2.72 bits per heavy atom.